The Kier molecular flexibility index (Phi) is 5.83. The Labute approximate surface area is 147 Å². The second-order valence-corrected chi connectivity index (χ2v) is 6.56. The van der Waals surface area contributed by atoms with E-state index in [-0.39, 0.29) is 11.9 Å². The average molecular weight is 344 g/mol. The van der Waals surface area contributed by atoms with Gasteiger partial charge in [0.15, 0.2) is 0 Å². The summed E-state index contributed by atoms with van der Waals surface area (Å²) in [5.74, 6) is -0.139. The van der Waals surface area contributed by atoms with E-state index in [2.05, 4.69) is 39.5 Å². The maximum Gasteiger partial charge on any atom is 0.270 e. The largest absolute Gasteiger partial charge is 0.348 e. The molecular formula is C19H22ClN3O. The third kappa shape index (κ3) is 4.79. The summed E-state index contributed by atoms with van der Waals surface area (Å²) in [6.45, 7) is 3.10. The monoisotopic (exact) mass is 343 g/mol. The van der Waals surface area contributed by atoms with Crippen LogP contribution in [-0.2, 0) is 6.42 Å². The van der Waals surface area contributed by atoms with Crippen LogP contribution < -0.4 is 5.32 Å². The molecule has 1 aliphatic heterocycles. The fourth-order valence-corrected chi connectivity index (χ4v) is 3.19. The Bertz CT molecular complexity index is 669. The van der Waals surface area contributed by atoms with Gasteiger partial charge in [0.25, 0.3) is 5.91 Å². The van der Waals surface area contributed by atoms with Gasteiger partial charge >= 0.3 is 0 Å². The molecule has 5 heteroatoms. The highest BCUT2D eigenvalue weighted by Gasteiger charge is 2.21. The highest BCUT2D eigenvalue weighted by atomic mass is 35.5. The molecule has 0 saturated carbocycles. The van der Waals surface area contributed by atoms with Crippen molar-refractivity contribution in [3.05, 3.63) is 64.9 Å². The Morgan fingerprint density at radius 1 is 1.12 bits per heavy atom. The van der Waals surface area contributed by atoms with Gasteiger partial charge in [0.05, 0.1) is 0 Å². The Morgan fingerprint density at radius 3 is 2.58 bits per heavy atom. The van der Waals surface area contributed by atoms with Gasteiger partial charge in [0, 0.05) is 25.7 Å². The lowest BCUT2D eigenvalue weighted by atomic mass is 10.0. The van der Waals surface area contributed by atoms with Gasteiger partial charge in [-0.2, -0.15) is 0 Å². The number of hydrogen-bond acceptors (Lipinski definition) is 3. The van der Waals surface area contributed by atoms with E-state index in [1.807, 2.05) is 6.07 Å². The van der Waals surface area contributed by atoms with Crippen LogP contribution >= 0.6 is 11.6 Å². The van der Waals surface area contributed by atoms with E-state index in [9.17, 15) is 4.79 Å². The maximum atomic E-state index is 12.2. The molecule has 2 heterocycles. The summed E-state index contributed by atoms with van der Waals surface area (Å²) >= 11 is 5.84. The van der Waals surface area contributed by atoms with E-state index in [1.54, 1.807) is 18.2 Å². The summed E-state index contributed by atoms with van der Waals surface area (Å²) < 4.78 is 0. The molecule has 0 spiro atoms. The molecule has 1 aliphatic rings. The fourth-order valence-electron chi connectivity index (χ4n) is 3.03. The van der Waals surface area contributed by atoms with Gasteiger partial charge in [-0.3, -0.25) is 4.79 Å². The fraction of sp³-hybridized carbons (Fsp3) is 0.368. The summed E-state index contributed by atoms with van der Waals surface area (Å²) in [4.78, 5) is 18.7. The summed E-state index contributed by atoms with van der Waals surface area (Å²) in [6.07, 6.45) is 3.02. The van der Waals surface area contributed by atoms with Crippen molar-refractivity contribution in [3.63, 3.8) is 0 Å². The van der Waals surface area contributed by atoms with Crippen LogP contribution in [0.4, 0.5) is 0 Å². The van der Waals surface area contributed by atoms with Gasteiger partial charge in [-0.25, -0.2) is 4.98 Å². The topological polar surface area (TPSA) is 45.2 Å². The number of carbonyl (C=O) groups is 1. The molecule has 1 aromatic carbocycles. The number of rotatable bonds is 5. The van der Waals surface area contributed by atoms with Crippen molar-refractivity contribution >= 4 is 17.5 Å². The van der Waals surface area contributed by atoms with E-state index < -0.39 is 0 Å². The smallest absolute Gasteiger partial charge is 0.270 e. The van der Waals surface area contributed by atoms with Gasteiger partial charge in [-0.15, -0.1) is 0 Å². The molecule has 1 amide bonds. The molecule has 0 radical (unpaired) electrons. The molecule has 0 atom stereocenters. The normalized spacial score (nSPS) is 16.0. The Balaban J connectivity index is 1.43. The minimum Gasteiger partial charge on any atom is -0.348 e. The SMILES string of the molecule is O=C(NC1CCN(CCc2ccccc2)CC1)c1cccc(Cl)n1. The molecule has 4 nitrogen and oxygen atoms in total. The molecule has 126 valence electrons. The van der Waals surface area contributed by atoms with Crippen LogP contribution in [0.15, 0.2) is 48.5 Å². The second kappa shape index (κ2) is 8.27. The van der Waals surface area contributed by atoms with E-state index >= 15 is 0 Å². The molecular weight excluding hydrogens is 322 g/mol. The number of likely N-dealkylation sites (tertiary alicyclic amines) is 1. The van der Waals surface area contributed by atoms with E-state index in [4.69, 9.17) is 11.6 Å². The number of halogens is 1. The summed E-state index contributed by atoms with van der Waals surface area (Å²) in [5.41, 5.74) is 1.76. The molecule has 2 aromatic rings. The summed E-state index contributed by atoms with van der Waals surface area (Å²) in [5, 5.41) is 3.42. The van der Waals surface area contributed by atoms with Crippen LogP contribution in [0.1, 0.15) is 28.9 Å². The molecule has 3 rings (SSSR count). The number of nitrogens with zero attached hydrogens (tertiary/aromatic N) is 2. The zero-order chi connectivity index (χ0) is 16.8. The number of nitrogens with one attached hydrogen (secondary N) is 1. The molecule has 24 heavy (non-hydrogen) atoms. The molecule has 1 saturated heterocycles. The van der Waals surface area contributed by atoms with Crippen LogP contribution in [0.5, 0.6) is 0 Å². The number of aromatic nitrogens is 1. The minimum absolute atomic E-state index is 0.139. The van der Waals surface area contributed by atoms with Crippen molar-refractivity contribution < 1.29 is 4.79 Å². The van der Waals surface area contributed by atoms with Crippen molar-refractivity contribution in [2.24, 2.45) is 0 Å². The molecule has 0 aliphatic carbocycles. The van der Waals surface area contributed by atoms with Crippen LogP contribution in [0.3, 0.4) is 0 Å². The minimum atomic E-state index is -0.139. The van der Waals surface area contributed by atoms with E-state index in [0.717, 1.165) is 38.9 Å². The summed E-state index contributed by atoms with van der Waals surface area (Å²) in [6, 6.07) is 15.9. The first kappa shape index (κ1) is 16.9. The number of benzene rings is 1. The first-order valence-corrected chi connectivity index (χ1v) is 8.78. The third-order valence-corrected chi connectivity index (χ3v) is 4.64. The van der Waals surface area contributed by atoms with Crippen molar-refractivity contribution in [2.45, 2.75) is 25.3 Å². The van der Waals surface area contributed by atoms with Crippen molar-refractivity contribution in [3.8, 4) is 0 Å². The molecule has 1 aromatic heterocycles. The lowest BCUT2D eigenvalue weighted by Gasteiger charge is -2.32. The van der Waals surface area contributed by atoms with Crippen LogP contribution in [0.25, 0.3) is 0 Å². The number of amides is 1. The zero-order valence-corrected chi connectivity index (χ0v) is 14.4. The second-order valence-electron chi connectivity index (χ2n) is 6.17. The predicted molar refractivity (Wildman–Crippen MR) is 96.3 cm³/mol. The lowest BCUT2D eigenvalue weighted by molar-refractivity contribution is 0.0906. The van der Waals surface area contributed by atoms with Crippen LogP contribution in [0.2, 0.25) is 5.15 Å². The zero-order valence-electron chi connectivity index (χ0n) is 13.6. The van der Waals surface area contributed by atoms with Crippen molar-refractivity contribution in [2.75, 3.05) is 19.6 Å². The summed E-state index contributed by atoms with van der Waals surface area (Å²) in [7, 11) is 0. The predicted octanol–water partition coefficient (Wildman–Crippen LogP) is 3.17. The van der Waals surface area contributed by atoms with Gasteiger partial charge in [-0.1, -0.05) is 48.0 Å². The first-order valence-electron chi connectivity index (χ1n) is 8.40. The third-order valence-electron chi connectivity index (χ3n) is 4.43. The molecule has 1 fully saturated rings. The number of hydrogen-bond donors (Lipinski definition) is 1. The van der Waals surface area contributed by atoms with Gasteiger partial charge in [-0.05, 0) is 37.0 Å². The Hall–Kier alpha value is -1.91. The number of piperidine rings is 1. The van der Waals surface area contributed by atoms with Crippen LogP contribution in [-0.4, -0.2) is 41.5 Å². The lowest BCUT2D eigenvalue weighted by Crippen LogP contribution is -2.45. The quantitative estimate of drug-likeness (QED) is 0.848. The highest BCUT2D eigenvalue weighted by molar-refractivity contribution is 6.29. The number of carbonyl (C=O) groups excluding carboxylic acids is 1. The number of pyridine rings is 1. The van der Waals surface area contributed by atoms with Gasteiger partial charge in [0.1, 0.15) is 10.8 Å². The molecule has 1 N–H and O–H groups in total. The maximum absolute atomic E-state index is 12.2. The molecule has 0 unspecified atom stereocenters. The molecule has 0 bridgehead atoms. The van der Waals surface area contributed by atoms with Crippen molar-refractivity contribution in [1.82, 2.24) is 15.2 Å². The first-order chi connectivity index (χ1) is 11.7. The Morgan fingerprint density at radius 2 is 1.88 bits per heavy atom. The van der Waals surface area contributed by atoms with Crippen LogP contribution in [0, 0.1) is 0 Å². The van der Waals surface area contributed by atoms with Gasteiger partial charge in [0.2, 0.25) is 0 Å². The average Bonchev–Trinajstić information content (AvgIpc) is 2.62. The van der Waals surface area contributed by atoms with Gasteiger partial charge < -0.3 is 10.2 Å². The van der Waals surface area contributed by atoms with E-state index in [0.29, 0.717) is 10.8 Å². The highest BCUT2D eigenvalue weighted by Crippen LogP contribution is 2.13. The van der Waals surface area contributed by atoms with Crippen molar-refractivity contribution in [1.29, 1.82) is 0 Å². The van der Waals surface area contributed by atoms with E-state index in [1.165, 1.54) is 5.56 Å². The standard InChI is InChI=1S/C19H22ClN3O/c20-18-8-4-7-17(22-18)19(24)21-16-10-13-23(14-11-16)12-9-15-5-2-1-3-6-15/h1-8,16H,9-14H2,(H,21,24).